The van der Waals surface area contributed by atoms with Crippen molar-refractivity contribution in [3.8, 4) is 11.1 Å². The van der Waals surface area contributed by atoms with Crippen molar-refractivity contribution in [1.82, 2.24) is 0 Å². The molecule has 3 aromatic rings. The van der Waals surface area contributed by atoms with E-state index in [1.165, 1.54) is 18.2 Å². The number of benzene rings is 3. The van der Waals surface area contributed by atoms with Gasteiger partial charge in [-0.1, -0.05) is 42.5 Å². The maximum absolute atomic E-state index is 14.1. The summed E-state index contributed by atoms with van der Waals surface area (Å²) in [5.74, 6) is -1.15. The van der Waals surface area contributed by atoms with Gasteiger partial charge in [0.1, 0.15) is 11.6 Å². The third-order valence-corrected chi connectivity index (χ3v) is 5.25. The Kier molecular flexibility index (Phi) is 6.07. The number of hydrogen-bond donors (Lipinski definition) is 1. The summed E-state index contributed by atoms with van der Waals surface area (Å²) in [5, 5.41) is 2.66. The van der Waals surface area contributed by atoms with Crippen LogP contribution in [0.3, 0.4) is 0 Å². The van der Waals surface area contributed by atoms with E-state index in [2.05, 4.69) is 10.3 Å². The van der Waals surface area contributed by atoms with Crippen LogP contribution in [-0.2, 0) is 4.74 Å². The van der Waals surface area contributed by atoms with E-state index in [4.69, 9.17) is 4.74 Å². The number of hydrogen-bond acceptors (Lipinski definition) is 3. The Morgan fingerprint density at radius 3 is 2.23 bits per heavy atom. The van der Waals surface area contributed by atoms with Gasteiger partial charge >= 0.3 is 6.09 Å². The van der Waals surface area contributed by atoms with E-state index in [1.807, 2.05) is 48.5 Å². The Morgan fingerprint density at radius 1 is 1.00 bits per heavy atom. The smallest absolute Gasteiger partial charge is 0.411 e. The predicted octanol–water partition coefficient (Wildman–Crippen LogP) is 6.52. The molecule has 0 fully saturated rings. The normalized spacial score (nSPS) is 15.5. The fraction of sp³-hybridized carbons (Fsp3) is 0.200. The summed E-state index contributed by atoms with van der Waals surface area (Å²) in [7, 11) is 0. The summed E-state index contributed by atoms with van der Waals surface area (Å²) >= 11 is 0. The summed E-state index contributed by atoms with van der Waals surface area (Å²) in [6.45, 7) is 2.07. The highest BCUT2D eigenvalue weighted by Gasteiger charge is 2.24. The molecule has 158 valence electrons. The monoisotopic (exact) mass is 420 g/mol. The minimum atomic E-state index is -0.573. The van der Waals surface area contributed by atoms with E-state index in [0.29, 0.717) is 24.4 Å². The maximum Gasteiger partial charge on any atom is 0.411 e. The van der Waals surface area contributed by atoms with Gasteiger partial charge in [0.2, 0.25) is 0 Å². The molecular formula is C25H22F2N2O2. The van der Waals surface area contributed by atoms with Gasteiger partial charge in [-0.3, -0.25) is 10.3 Å². The van der Waals surface area contributed by atoms with Crippen LogP contribution in [0.15, 0.2) is 71.7 Å². The Hall–Kier alpha value is -3.54. The van der Waals surface area contributed by atoms with Crippen molar-refractivity contribution < 1.29 is 18.3 Å². The second-order valence-electron chi connectivity index (χ2n) is 7.27. The van der Waals surface area contributed by atoms with E-state index in [1.54, 1.807) is 6.92 Å². The van der Waals surface area contributed by atoms with E-state index < -0.39 is 17.7 Å². The van der Waals surface area contributed by atoms with Gasteiger partial charge in [0.15, 0.2) is 0 Å². The summed E-state index contributed by atoms with van der Waals surface area (Å²) in [5.41, 5.74) is 4.16. The van der Waals surface area contributed by atoms with Gasteiger partial charge in [0.25, 0.3) is 0 Å². The number of nitrogens with zero attached hydrogens (tertiary/aromatic N) is 1. The van der Waals surface area contributed by atoms with Crippen molar-refractivity contribution in [2.24, 2.45) is 4.99 Å². The van der Waals surface area contributed by atoms with Gasteiger partial charge in [0, 0.05) is 11.4 Å². The number of aliphatic imine (C=N–C) groups is 1. The summed E-state index contributed by atoms with van der Waals surface area (Å²) in [6.07, 6.45) is 0.780. The highest BCUT2D eigenvalue weighted by Crippen LogP contribution is 2.33. The summed E-state index contributed by atoms with van der Waals surface area (Å²) < 4.78 is 33.0. The molecule has 4 rings (SSSR count). The van der Waals surface area contributed by atoms with Crippen LogP contribution in [0.25, 0.3) is 11.1 Å². The largest absolute Gasteiger partial charge is 0.450 e. The van der Waals surface area contributed by atoms with Crippen LogP contribution in [0.4, 0.5) is 19.3 Å². The predicted molar refractivity (Wildman–Crippen MR) is 117 cm³/mol. The lowest BCUT2D eigenvalue weighted by Crippen LogP contribution is -2.12. The molecule has 3 aromatic carbocycles. The van der Waals surface area contributed by atoms with Crippen LogP contribution in [0.2, 0.25) is 0 Å². The van der Waals surface area contributed by atoms with Crippen molar-refractivity contribution in [3.63, 3.8) is 0 Å². The molecule has 1 unspecified atom stereocenters. The molecule has 0 radical (unpaired) electrons. The molecule has 0 saturated carbocycles. The van der Waals surface area contributed by atoms with E-state index in [-0.39, 0.29) is 11.6 Å². The first-order chi connectivity index (χ1) is 15.0. The van der Waals surface area contributed by atoms with Crippen LogP contribution in [-0.4, -0.2) is 18.4 Å². The molecule has 31 heavy (non-hydrogen) atoms. The second kappa shape index (κ2) is 9.08. The van der Waals surface area contributed by atoms with Crippen molar-refractivity contribution in [3.05, 3.63) is 89.5 Å². The average molecular weight is 420 g/mol. The number of halogens is 2. The third-order valence-electron chi connectivity index (χ3n) is 5.25. The molecule has 1 amide bonds. The zero-order valence-corrected chi connectivity index (χ0v) is 17.1. The first-order valence-electron chi connectivity index (χ1n) is 10.2. The van der Waals surface area contributed by atoms with Crippen molar-refractivity contribution >= 4 is 17.5 Å². The van der Waals surface area contributed by atoms with E-state index >= 15 is 0 Å². The Morgan fingerprint density at radius 2 is 1.61 bits per heavy atom. The Labute approximate surface area is 179 Å². The number of anilines is 1. The Balaban J connectivity index is 1.47. The minimum Gasteiger partial charge on any atom is -0.450 e. The summed E-state index contributed by atoms with van der Waals surface area (Å²) in [4.78, 5) is 16.1. The molecule has 1 aliphatic rings. The highest BCUT2D eigenvalue weighted by molar-refractivity contribution is 6.02. The first kappa shape index (κ1) is 20.7. The summed E-state index contributed by atoms with van der Waals surface area (Å²) in [6, 6.07) is 19.2. The quantitative estimate of drug-likeness (QED) is 0.511. The van der Waals surface area contributed by atoms with Gasteiger partial charge < -0.3 is 4.74 Å². The molecule has 0 saturated heterocycles. The molecule has 0 aliphatic carbocycles. The zero-order valence-electron chi connectivity index (χ0n) is 17.1. The number of nitrogens with one attached hydrogen (secondary N) is 1. The number of amides is 1. The van der Waals surface area contributed by atoms with Gasteiger partial charge in [-0.15, -0.1) is 0 Å². The van der Waals surface area contributed by atoms with Crippen molar-refractivity contribution in [2.75, 3.05) is 11.9 Å². The molecule has 6 heteroatoms. The molecule has 0 bridgehead atoms. The minimum absolute atomic E-state index is 0.0156. The van der Waals surface area contributed by atoms with Crippen LogP contribution in [0, 0.1) is 11.6 Å². The van der Waals surface area contributed by atoms with E-state index in [9.17, 15) is 13.6 Å². The number of rotatable bonds is 5. The fourth-order valence-electron chi connectivity index (χ4n) is 3.72. The molecule has 1 atom stereocenters. The van der Waals surface area contributed by atoms with Gasteiger partial charge in [-0.25, -0.2) is 13.6 Å². The fourth-order valence-corrected chi connectivity index (χ4v) is 3.72. The molecule has 1 heterocycles. The number of carbonyl (C=O) groups is 1. The molecule has 0 spiro atoms. The Bertz CT molecular complexity index is 1090. The maximum atomic E-state index is 14.1. The van der Waals surface area contributed by atoms with E-state index in [0.717, 1.165) is 23.1 Å². The SMILES string of the molecule is CCOC(=O)Nc1ccc(-c2ccc(C3CCC(c4c(F)cccc4F)=N3)cc2)cc1. The standard InChI is InChI=1S/C25H22F2N2O2/c1-2-31-25(30)28-19-12-10-17(11-13-19)16-6-8-18(9-7-16)22-14-15-23(29-22)24-20(26)4-3-5-21(24)27/h3-13,22H,2,14-15H2,1H3,(H,28,30). The van der Waals surface area contributed by atoms with Gasteiger partial charge in [-0.05, 0) is 60.7 Å². The van der Waals surface area contributed by atoms with Crippen molar-refractivity contribution in [1.29, 1.82) is 0 Å². The molecule has 4 nitrogen and oxygen atoms in total. The van der Waals surface area contributed by atoms with Gasteiger partial charge in [-0.2, -0.15) is 0 Å². The first-order valence-corrected chi connectivity index (χ1v) is 10.2. The lowest BCUT2D eigenvalue weighted by atomic mass is 9.99. The number of carbonyl (C=O) groups excluding carboxylic acids is 1. The third kappa shape index (κ3) is 4.63. The lowest BCUT2D eigenvalue weighted by molar-refractivity contribution is 0.168. The van der Waals surface area contributed by atoms with Gasteiger partial charge in [0.05, 0.1) is 18.2 Å². The van der Waals surface area contributed by atoms with Crippen LogP contribution in [0.1, 0.15) is 36.9 Å². The average Bonchev–Trinajstić information content (AvgIpc) is 3.24. The second-order valence-corrected chi connectivity index (χ2v) is 7.27. The molecule has 1 aliphatic heterocycles. The van der Waals surface area contributed by atoms with Crippen LogP contribution < -0.4 is 5.32 Å². The number of ether oxygens (including phenoxy) is 1. The zero-order chi connectivity index (χ0) is 21.8. The molecule has 0 aromatic heterocycles. The molecular weight excluding hydrogens is 398 g/mol. The molecule has 1 N–H and O–H groups in total. The highest BCUT2D eigenvalue weighted by atomic mass is 19.1. The van der Waals surface area contributed by atoms with Crippen LogP contribution in [0.5, 0.6) is 0 Å². The van der Waals surface area contributed by atoms with Crippen LogP contribution >= 0.6 is 0 Å². The topological polar surface area (TPSA) is 50.7 Å². The lowest BCUT2D eigenvalue weighted by Gasteiger charge is -2.10. The van der Waals surface area contributed by atoms with Crippen molar-refractivity contribution in [2.45, 2.75) is 25.8 Å².